The fourth-order valence-electron chi connectivity index (χ4n) is 2.00. The molecule has 0 amide bonds. The van der Waals surface area contributed by atoms with Crippen molar-refractivity contribution < 1.29 is 18.3 Å². The summed E-state index contributed by atoms with van der Waals surface area (Å²) in [5, 5.41) is 9.19. The van der Waals surface area contributed by atoms with Gasteiger partial charge in [0.05, 0.1) is 6.20 Å². The molecule has 8 heteroatoms. The summed E-state index contributed by atoms with van der Waals surface area (Å²) >= 11 is 0.697. The van der Waals surface area contributed by atoms with E-state index in [0.717, 1.165) is 32.3 Å². The van der Waals surface area contributed by atoms with E-state index in [0.29, 0.717) is 29.6 Å². The van der Waals surface area contributed by atoms with Crippen molar-refractivity contribution in [2.45, 2.75) is 12.6 Å². The van der Waals surface area contributed by atoms with Gasteiger partial charge in [0.15, 0.2) is 5.13 Å². The molecule has 0 saturated carbocycles. The minimum atomic E-state index is -4.31. The number of piperazine rings is 1. The number of rotatable bonds is 4. The van der Waals surface area contributed by atoms with Crippen LogP contribution in [0.3, 0.4) is 0 Å². The standard InChI is InChI=1S/C11H16F3N3OS/c12-11(13,14)9-8-15-10(19-9)17-5-3-16(4-6-17)2-1-7-18/h8,18H,1-7H2. The van der Waals surface area contributed by atoms with E-state index in [1.165, 1.54) is 0 Å². The minimum absolute atomic E-state index is 0.168. The van der Waals surface area contributed by atoms with Gasteiger partial charge in [0.1, 0.15) is 4.88 Å². The summed E-state index contributed by atoms with van der Waals surface area (Å²) in [5.74, 6) is 0. The van der Waals surface area contributed by atoms with E-state index in [1.807, 2.05) is 4.90 Å². The normalized spacial score (nSPS) is 18.0. The van der Waals surface area contributed by atoms with Crippen molar-refractivity contribution >= 4 is 16.5 Å². The lowest BCUT2D eigenvalue weighted by Crippen LogP contribution is -2.46. The van der Waals surface area contributed by atoms with Gasteiger partial charge >= 0.3 is 6.18 Å². The highest BCUT2D eigenvalue weighted by molar-refractivity contribution is 7.15. The Hall–Kier alpha value is -0.860. The van der Waals surface area contributed by atoms with Gasteiger partial charge in [-0.3, -0.25) is 4.90 Å². The van der Waals surface area contributed by atoms with Crippen molar-refractivity contribution in [1.29, 1.82) is 0 Å². The third-order valence-electron chi connectivity index (χ3n) is 3.05. The first-order valence-electron chi connectivity index (χ1n) is 6.12. The molecule has 1 aromatic heterocycles. The van der Waals surface area contributed by atoms with Crippen molar-refractivity contribution in [3.05, 3.63) is 11.1 Å². The Bertz CT molecular complexity index is 402. The van der Waals surface area contributed by atoms with Crippen LogP contribution in [0.2, 0.25) is 0 Å². The lowest BCUT2D eigenvalue weighted by Gasteiger charge is -2.34. The highest BCUT2D eigenvalue weighted by Gasteiger charge is 2.34. The number of halogens is 3. The van der Waals surface area contributed by atoms with Gasteiger partial charge in [-0.1, -0.05) is 11.3 Å². The Balaban J connectivity index is 1.89. The van der Waals surface area contributed by atoms with Gasteiger partial charge in [-0.05, 0) is 6.42 Å². The van der Waals surface area contributed by atoms with Gasteiger partial charge in [-0.15, -0.1) is 0 Å². The van der Waals surface area contributed by atoms with Crippen LogP contribution in [0.25, 0.3) is 0 Å². The molecule has 4 nitrogen and oxygen atoms in total. The number of hydrogen-bond donors (Lipinski definition) is 1. The lowest BCUT2D eigenvalue weighted by atomic mass is 10.3. The van der Waals surface area contributed by atoms with Crippen LogP contribution in [0, 0.1) is 0 Å². The topological polar surface area (TPSA) is 39.6 Å². The molecular formula is C11H16F3N3OS. The Morgan fingerprint density at radius 1 is 1.26 bits per heavy atom. The summed E-state index contributed by atoms with van der Waals surface area (Å²) in [6, 6.07) is 0. The summed E-state index contributed by atoms with van der Waals surface area (Å²) in [5.41, 5.74) is 0. The molecule has 1 aliphatic rings. The molecule has 1 aromatic rings. The molecule has 0 aliphatic carbocycles. The van der Waals surface area contributed by atoms with Gasteiger partial charge in [-0.25, -0.2) is 4.98 Å². The molecule has 0 spiro atoms. The zero-order chi connectivity index (χ0) is 13.9. The zero-order valence-corrected chi connectivity index (χ0v) is 11.2. The van der Waals surface area contributed by atoms with Crippen molar-refractivity contribution in [3.8, 4) is 0 Å². The second-order valence-electron chi connectivity index (χ2n) is 4.41. The predicted octanol–water partition coefficient (Wildman–Crippen LogP) is 1.67. The zero-order valence-electron chi connectivity index (χ0n) is 10.4. The van der Waals surface area contributed by atoms with Crippen LogP contribution in [0.4, 0.5) is 18.3 Å². The first-order valence-corrected chi connectivity index (χ1v) is 6.93. The summed E-state index contributed by atoms with van der Waals surface area (Å²) in [7, 11) is 0. The van der Waals surface area contributed by atoms with E-state index in [9.17, 15) is 13.2 Å². The first-order chi connectivity index (χ1) is 9.00. The van der Waals surface area contributed by atoms with Gasteiger partial charge in [-0.2, -0.15) is 13.2 Å². The van der Waals surface area contributed by atoms with Gasteiger partial charge < -0.3 is 10.0 Å². The maximum absolute atomic E-state index is 12.5. The molecular weight excluding hydrogens is 279 g/mol. The Morgan fingerprint density at radius 2 is 1.95 bits per heavy atom. The molecule has 0 unspecified atom stereocenters. The van der Waals surface area contributed by atoms with Crippen LogP contribution < -0.4 is 4.90 Å². The van der Waals surface area contributed by atoms with Crippen LogP contribution in [0.1, 0.15) is 11.3 Å². The SMILES string of the molecule is OCCCN1CCN(c2ncc(C(F)(F)F)s2)CC1. The van der Waals surface area contributed by atoms with Crippen molar-refractivity contribution in [1.82, 2.24) is 9.88 Å². The Labute approximate surface area is 113 Å². The molecule has 1 aliphatic heterocycles. The molecule has 2 rings (SSSR count). The molecule has 108 valence electrons. The van der Waals surface area contributed by atoms with Gasteiger partial charge in [0, 0.05) is 39.3 Å². The number of alkyl halides is 3. The van der Waals surface area contributed by atoms with Gasteiger partial charge in [0.2, 0.25) is 0 Å². The van der Waals surface area contributed by atoms with Crippen LogP contribution >= 0.6 is 11.3 Å². The number of aliphatic hydroxyl groups is 1. The molecule has 0 atom stereocenters. The Morgan fingerprint density at radius 3 is 2.47 bits per heavy atom. The van der Waals surface area contributed by atoms with Crippen molar-refractivity contribution in [2.75, 3.05) is 44.2 Å². The quantitative estimate of drug-likeness (QED) is 0.917. The average Bonchev–Trinajstić information content (AvgIpc) is 2.86. The van der Waals surface area contributed by atoms with Crippen molar-refractivity contribution in [2.24, 2.45) is 0 Å². The second kappa shape index (κ2) is 6.06. The minimum Gasteiger partial charge on any atom is -0.396 e. The van der Waals surface area contributed by atoms with Crippen LogP contribution in [-0.2, 0) is 6.18 Å². The lowest BCUT2D eigenvalue weighted by molar-refractivity contribution is -0.134. The van der Waals surface area contributed by atoms with Crippen LogP contribution in [0.5, 0.6) is 0 Å². The monoisotopic (exact) mass is 295 g/mol. The molecule has 1 saturated heterocycles. The summed E-state index contributed by atoms with van der Waals surface area (Å²) in [6.45, 7) is 3.94. The predicted molar refractivity (Wildman–Crippen MR) is 67.5 cm³/mol. The number of anilines is 1. The van der Waals surface area contributed by atoms with E-state index in [-0.39, 0.29) is 6.61 Å². The van der Waals surface area contributed by atoms with E-state index >= 15 is 0 Å². The van der Waals surface area contributed by atoms with E-state index in [1.54, 1.807) is 0 Å². The number of aromatic nitrogens is 1. The summed E-state index contributed by atoms with van der Waals surface area (Å²) in [6.07, 6.45) is -2.67. The third kappa shape index (κ3) is 3.80. The number of nitrogens with zero attached hydrogens (tertiary/aromatic N) is 3. The van der Waals surface area contributed by atoms with E-state index in [4.69, 9.17) is 5.11 Å². The third-order valence-corrected chi connectivity index (χ3v) is 4.15. The van der Waals surface area contributed by atoms with Gasteiger partial charge in [0.25, 0.3) is 0 Å². The molecule has 0 aromatic carbocycles. The average molecular weight is 295 g/mol. The van der Waals surface area contributed by atoms with Crippen LogP contribution in [0.15, 0.2) is 6.20 Å². The first kappa shape index (κ1) is 14.5. The molecule has 0 radical (unpaired) electrons. The van der Waals surface area contributed by atoms with E-state index in [2.05, 4.69) is 9.88 Å². The molecule has 19 heavy (non-hydrogen) atoms. The van der Waals surface area contributed by atoms with Crippen LogP contribution in [-0.4, -0.2) is 54.3 Å². The highest BCUT2D eigenvalue weighted by Crippen LogP contribution is 2.36. The highest BCUT2D eigenvalue weighted by atomic mass is 32.1. The summed E-state index contributed by atoms with van der Waals surface area (Å²) < 4.78 is 37.5. The second-order valence-corrected chi connectivity index (χ2v) is 5.42. The number of hydrogen-bond acceptors (Lipinski definition) is 5. The number of thiazole rings is 1. The van der Waals surface area contributed by atoms with Crippen molar-refractivity contribution in [3.63, 3.8) is 0 Å². The molecule has 1 N–H and O–H groups in total. The molecule has 1 fully saturated rings. The maximum atomic E-state index is 12.5. The molecule has 2 heterocycles. The fourth-order valence-corrected chi connectivity index (χ4v) is 2.83. The maximum Gasteiger partial charge on any atom is 0.427 e. The largest absolute Gasteiger partial charge is 0.427 e. The van der Waals surface area contributed by atoms with E-state index < -0.39 is 11.1 Å². The molecule has 0 bridgehead atoms. The fraction of sp³-hybridized carbons (Fsp3) is 0.727. The summed E-state index contributed by atoms with van der Waals surface area (Å²) in [4.78, 5) is 7.30. The smallest absolute Gasteiger partial charge is 0.396 e. The Kier molecular flexibility index (Phi) is 4.64. The number of aliphatic hydroxyl groups excluding tert-OH is 1.